The number of aliphatic hydroxyl groups excluding tert-OH is 5. The van der Waals surface area contributed by atoms with Crippen molar-refractivity contribution in [1.82, 2.24) is 5.32 Å². The predicted octanol–water partition coefficient (Wildman–Crippen LogP) is 19.4. The van der Waals surface area contributed by atoms with Gasteiger partial charge in [-0.1, -0.05) is 333 Å². The number of ether oxygens (including phenoxy) is 2. The SMILES string of the molecule is CCCCCCCCCC/C=C\CCCCCCCCCCCCCCCCCCCC(=O)NC(COC1OC(CO)C(O)C(O)C1O)C(O)/C=C/CC/C=C/CCCCCCCCCCCCCCCCCCCCCCCCC. The fourth-order valence-electron chi connectivity index (χ4n) is 11.6. The Morgan fingerprint density at radius 1 is 0.407 bits per heavy atom. The molecule has 9 nitrogen and oxygen atoms in total. The number of allylic oxidation sites excluding steroid dienone is 5. The van der Waals surface area contributed by atoms with Crippen LogP contribution in [0.2, 0.25) is 0 Å². The van der Waals surface area contributed by atoms with Crippen LogP contribution in [0.15, 0.2) is 36.5 Å². The molecule has 1 fully saturated rings. The topological polar surface area (TPSA) is 149 Å². The molecule has 0 aliphatic carbocycles. The smallest absolute Gasteiger partial charge is 0.220 e. The number of unbranched alkanes of at least 4 members (excludes halogenated alkanes) is 49. The largest absolute Gasteiger partial charge is 0.394 e. The van der Waals surface area contributed by atoms with Gasteiger partial charge in [0.15, 0.2) is 6.29 Å². The molecule has 478 valence electrons. The Morgan fingerprint density at radius 3 is 1.04 bits per heavy atom. The van der Waals surface area contributed by atoms with E-state index in [9.17, 15) is 30.3 Å². The fraction of sp³-hybridized carbons (Fsp3) is 0.903. The van der Waals surface area contributed by atoms with Gasteiger partial charge in [0, 0.05) is 6.42 Å². The van der Waals surface area contributed by atoms with E-state index in [1.54, 1.807) is 6.08 Å². The van der Waals surface area contributed by atoms with E-state index < -0.39 is 49.5 Å². The van der Waals surface area contributed by atoms with Crippen molar-refractivity contribution >= 4 is 5.91 Å². The Morgan fingerprint density at radius 2 is 0.704 bits per heavy atom. The molecular formula is C72H137NO8. The lowest BCUT2D eigenvalue weighted by Crippen LogP contribution is -2.60. The van der Waals surface area contributed by atoms with Gasteiger partial charge < -0.3 is 40.3 Å². The van der Waals surface area contributed by atoms with E-state index in [2.05, 4.69) is 43.5 Å². The van der Waals surface area contributed by atoms with Gasteiger partial charge in [-0.3, -0.25) is 4.79 Å². The van der Waals surface area contributed by atoms with E-state index in [0.717, 1.165) is 38.5 Å². The Bertz CT molecular complexity index is 1370. The summed E-state index contributed by atoms with van der Waals surface area (Å²) in [7, 11) is 0. The minimum atomic E-state index is -1.57. The van der Waals surface area contributed by atoms with Crippen molar-refractivity contribution in [1.29, 1.82) is 0 Å². The molecule has 7 unspecified atom stereocenters. The summed E-state index contributed by atoms with van der Waals surface area (Å²) in [5.74, 6) is -0.180. The van der Waals surface area contributed by atoms with Crippen LogP contribution in [0.5, 0.6) is 0 Å². The zero-order valence-electron chi connectivity index (χ0n) is 53.6. The molecule has 7 atom stereocenters. The quantitative estimate of drug-likeness (QED) is 0.0261. The predicted molar refractivity (Wildman–Crippen MR) is 346 cm³/mol. The van der Waals surface area contributed by atoms with Gasteiger partial charge in [0.25, 0.3) is 0 Å². The molecule has 1 aliphatic heterocycles. The van der Waals surface area contributed by atoms with Crippen LogP contribution < -0.4 is 5.32 Å². The Hall–Kier alpha value is -1.59. The molecule has 9 heteroatoms. The lowest BCUT2D eigenvalue weighted by Gasteiger charge is -2.40. The molecule has 81 heavy (non-hydrogen) atoms. The third-order valence-electron chi connectivity index (χ3n) is 17.2. The summed E-state index contributed by atoms with van der Waals surface area (Å²) in [5, 5.41) is 54.8. The summed E-state index contributed by atoms with van der Waals surface area (Å²) in [6, 6.07) is -0.822. The molecule has 0 aromatic rings. The van der Waals surface area contributed by atoms with Crippen molar-refractivity contribution in [3.8, 4) is 0 Å². The summed E-state index contributed by atoms with van der Waals surface area (Å²) < 4.78 is 11.3. The lowest BCUT2D eigenvalue weighted by atomic mass is 9.99. The number of hydrogen-bond donors (Lipinski definition) is 6. The Balaban J connectivity index is 2.14. The minimum absolute atomic E-state index is 0.180. The van der Waals surface area contributed by atoms with Gasteiger partial charge in [-0.15, -0.1) is 0 Å². The summed E-state index contributed by atoms with van der Waals surface area (Å²) in [5.41, 5.74) is 0. The van der Waals surface area contributed by atoms with Gasteiger partial charge in [-0.05, 0) is 57.8 Å². The highest BCUT2D eigenvalue weighted by Crippen LogP contribution is 2.23. The van der Waals surface area contributed by atoms with Crippen LogP contribution in [0.25, 0.3) is 0 Å². The van der Waals surface area contributed by atoms with E-state index in [1.807, 2.05) is 6.08 Å². The lowest BCUT2D eigenvalue weighted by molar-refractivity contribution is -0.302. The van der Waals surface area contributed by atoms with E-state index in [-0.39, 0.29) is 12.5 Å². The van der Waals surface area contributed by atoms with E-state index in [1.165, 1.54) is 302 Å². The first-order valence-electron chi connectivity index (χ1n) is 35.7. The Labute approximate surface area is 501 Å². The molecule has 6 N–H and O–H groups in total. The van der Waals surface area contributed by atoms with E-state index in [4.69, 9.17) is 9.47 Å². The third-order valence-corrected chi connectivity index (χ3v) is 17.2. The van der Waals surface area contributed by atoms with Crippen molar-refractivity contribution in [2.45, 2.75) is 403 Å². The van der Waals surface area contributed by atoms with Crippen LogP contribution in [0, 0.1) is 0 Å². The standard InChI is InChI=1S/C72H137NO8/c1-3-5-7-9-11-13-15-17-19-21-23-25-27-29-31-33-35-37-39-41-43-45-47-49-51-53-55-57-59-61-66(75)65(64-80-72-71(79)70(78)69(77)67(63-74)81-72)73-68(76)62-60-58-56-54-52-50-48-46-44-42-40-38-36-34-32-30-28-26-24-22-20-18-16-14-12-10-8-6-4-2/h22,24,51,53,59,61,65-67,69-72,74-75,77-79H,3-21,23,25-50,52,54-58,60,62-64H2,1-2H3,(H,73,76)/b24-22-,53-51+,61-59+. The molecule has 1 rings (SSSR count). The molecule has 1 amide bonds. The average molecular weight is 1140 g/mol. The number of nitrogens with one attached hydrogen (secondary N) is 1. The Kier molecular flexibility index (Phi) is 58.8. The van der Waals surface area contributed by atoms with Crippen LogP contribution in [0.3, 0.4) is 0 Å². The summed E-state index contributed by atoms with van der Waals surface area (Å²) in [4.78, 5) is 13.1. The van der Waals surface area contributed by atoms with Crippen molar-refractivity contribution in [2.75, 3.05) is 13.2 Å². The second-order valence-electron chi connectivity index (χ2n) is 25.0. The molecule has 0 saturated carbocycles. The molecule has 0 spiro atoms. The monoisotopic (exact) mass is 1140 g/mol. The molecule has 0 aromatic heterocycles. The van der Waals surface area contributed by atoms with Gasteiger partial charge in [0.1, 0.15) is 24.4 Å². The maximum atomic E-state index is 13.1. The van der Waals surface area contributed by atoms with Crippen molar-refractivity contribution in [3.63, 3.8) is 0 Å². The number of carbonyl (C=O) groups is 1. The molecular weight excluding hydrogens is 1010 g/mol. The average Bonchev–Trinajstić information content (AvgIpc) is 3.51. The molecule has 1 saturated heterocycles. The first kappa shape index (κ1) is 77.4. The third kappa shape index (κ3) is 50.3. The second kappa shape index (κ2) is 61.5. The molecule has 0 radical (unpaired) electrons. The van der Waals surface area contributed by atoms with Crippen molar-refractivity contribution < 1.29 is 39.8 Å². The number of hydrogen-bond acceptors (Lipinski definition) is 8. The summed E-state index contributed by atoms with van der Waals surface area (Å²) in [6.07, 6.45) is 75.5. The van der Waals surface area contributed by atoms with Gasteiger partial charge in [-0.25, -0.2) is 0 Å². The summed E-state index contributed by atoms with van der Waals surface area (Å²) in [6.45, 7) is 3.82. The zero-order chi connectivity index (χ0) is 58.6. The first-order valence-corrected chi connectivity index (χ1v) is 35.7. The first-order chi connectivity index (χ1) is 39.8. The van der Waals surface area contributed by atoms with Crippen LogP contribution >= 0.6 is 0 Å². The molecule has 0 bridgehead atoms. The molecule has 1 aliphatic rings. The van der Waals surface area contributed by atoms with Gasteiger partial charge in [0.05, 0.1) is 25.4 Å². The van der Waals surface area contributed by atoms with Crippen LogP contribution in [-0.2, 0) is 14.3 Å². The maximum absolute atomic E-state index is 13.1. The van der Waals surface area contributed by atoms with Gasteiger partial charge in [-0.2, -0.15) is 0 Å². The highest BCUT2D eigenvalue weighted by atomic mass is 16.7. The van der Waals surface area contributed by atoms with Crippen LogP contribution in [0.1, 0.15) is 361 Å². The normalized spacial score (nSPS) is 18.5. The highest BCUT2D eigenvalue weighted by molar-refractivity contribution is 5.76. The molecule has 0 aromatic carbocycles. The minimum Gasteiger partial charge on any atom is -0.394 e. The summed E-state index contributed by atoms with van der Waals surface area (Å²) >= 11 is 0. The van der Waals surface area contributed by atoms with E-state index >= 15 is 0 Å². The van der Waals surface area contributed by atoms with Crippen LogP contribution in [-0.4, -0.2) is 87.5 Å². The number of rotatable bonds is 63. The van der Waals surface area contributed by atoms with Crippen molar-refractivity contribution in [3.05, 3.63) is 36.5 Å². The number of amides is 1. The zero-order valence-corrected chi connectivity index (χ0v) is 53.6. The second-order valence-corrected chi connectivity index (χ2v) is 25.0. The van der Waals surface area contributed by atoms with Crippen LogP contribution in [0.4, 0.5) is 0 Å². The van der Waals surface area contributed by atoms with Gasteiger partial charge >= 0.3 is 0 Å². The maximum Gasteiger partial charge on any atom is 0.220 e. The number of carbonyl (C=O) groups excluding carboxylic acids is 1. The molecule has 1 heterocycles. The van der Waals surface area contributed by atoms with E-state index in [0.29, 0.717) is 6.42 Å². The van der Waals surface area contributed by atoms with Crippen molar-refractivity contribution in [2.24, 2.45) is 0 Å². The van der Waals surface area contributed by atoms with Gasteiger partial charge in [0.2, 0.25) is 5.91 Å². The highest BCUT2D eigenvalue weighted by Gasteiger charge is 2.44. The number of aliphatic hydroxyl groups is 5. The fourth-order valence-corrected chi connectivity index (χ4v) is 11.6.